The summed E-state index contributed by atoms with van der Waals surface area (Å²) in [4.78, 5) is 36.8. The summed E-state index contributed by atoms with van der Waals surface area (Å²) in [6.07, 6.45) is 2.24. The first-order valence-corrected chi connectivity index (χ1v) is 12.5. The lowest BCUT2D eigenvalue weighted by molar-refractivity contribution is -0.192. The number of urea groups is 1. The second-order valence-electron chi connectivity index (χ2n) is 9.79. The Labute approximate surface area is 217 Å². The molecular formula is C26H31F3N6O3. The van der Waals surface area contributed by atoms with Gasteiger partial charge < -0.3 is 20.7 Å². The number of nitrogens with zero attached hydrogens (tertiary/aromatic N) is 3. The number of carbonyl (C=O) groups excluding carboxylic acids is 1. The fourth-order valence-corrected chi connectivity index (χ4v) is 4.73. The van der Waals surface area contributed by atoms with Crippen molar-refractivity contribution in [1.29, 1.82) is 0 Å². The van der Waals surface area contributed by atoms with E-state index in [-0.39, 0.29) is 18.1 Å². The lowest BCUT2D eigenvalue weighted by Crippen LogP contribution is -2.52. The first kappa shape index (κ1) is 27.4. The van der Waals surface area contributed by atoms with Gasteiger partial charge in [0.15, 0.2) is 0 Å². The number of halogens is 3. The average Bonchev–Trinajstić information content (AvgIpc) is 3.23. The smallest absolute Gasteiger partial charge is 0.475 e. The topological polar surface area (TPSA) is 123 Å². The summed E-state index contributed by atoms with van der Waals surface area (Å²) in [6, 6.07) is 10.9. The van der Waals surface area contributed by atoms with Gasteiger partial charge in [-0.15, -0.1) is 0 Å². The highest BCUT2D eigenvalue weighted by Gasteiger charge is 2.39. The van der Waals surface area contributed by atoms with Crippen LogP contribution >= 0.6 is 0 Å². The number of hydrogen-bond acceptors (Lipinski definition) is 5. The number of H-pyrrole nitrogens is 1. The van der Waals surface area contributed by atoms with Crippen LogP contribution in [0.4, 0.5) is 23.7 Å². The van der Waals surface area contributed by atoms with E-state index >= 15 is 0 Å². The number of aliphatic carboxylic acids is 1. The van der Waals surface area contributed by atoms with Crippen LogP contribution in [0.1, 0.15) is 55.2 Å². The zero-order chi connectivity index (χ0) is 27.4. The predicted octanol–water partition coefficient (Wildman–Crippen LogP) is 5.09. The number of anilines is 1. The number of amides is 2. The van der Waals surface area contributed by atoms with E-state index in [1.54, 1.807) is 6.20 Å². The van der Waals surface area contributed by atoms with Gasteiger partial charge >= 0.3 is 18.2 Å². The standard InChI is InChI=1S/C24H30N6O.C2HF3O2/c1-15-6-9-20-21(12-15)29-23(28-20)22-13-17(10-11-30(22)19-4-3-5-19)26-24(31)27-18-8-7-16(2)25-14-18;3-2(4,5)1(6)7/h6-9,12,14,17,19,22H,3-5,10-11,13H2,1-2H3,(H,28,29)(H2,26,27,31);(H,6,7)/t17-,22-;/m1./s1. The molecule has 204 valence electrons. The van der Waals surface area contributed by atoms with Crippen molar-refractivity contribution in [2.24, 2.45) is 0 Å². The highest BCUT2D eigenvalue weighted by Crippen LogP contribution is 2.38. The van der Waals surface area contributed by atoms with E-state index in [0.29, 0.717) is 11.7 Å². The molecule has 1 aliphatic heterocycles. The van der Waals surface area contributed by atoms with Gasteiger partial charge in [0, 0.05) is 24.3 Å². The van der Waals surface area contributed by atoms with Crippen molar-refractivity contribution in [2.75, 3.05) is 11.9 Å². The number of fused-ring (bicyclic) bond motifs is 1. The summed E-state index contributed by atoms with van der Waals surface area (Å²) in [6.45, 7) is 5.01. The third-order valence-corrected chi connectivity index (χ3v) is 6.91. The van der Waals surface area contributed by atoms with Gasteiger partial charge in [0.25, 0.3) is 0 Å². The Morgan fingerprint density at radius 1 is 1.13 bits per heavy atom. The Kier molecular flexibility index (Phi) is 8.20. The number of benzene rings is 1. The van der Waals surface area contributed by atoms with E-state index in [2.05, 4.69) is 50.6 Å². The van der Waals surface area contributed by atoms with Crippen LogP contribution in [-0.4, -0.2) is 61.8 Å². The third-order valence-electron chi connectivity index (χ3n) is 6.91. The van der Waals surface area contributed by atoms with Crippen molar-refractivity contribution in [3.05, 3.63) is 53.6 Å². The van der Waals surface area contributed by atoms with Crippen LogP contribution in [0.3, 0.4) is 0 Å². The minimum Gasteiger partial charge on any atom is -0.475 e. The van der Waals surface area contributed by atoms with Crippen molar-refractivity contribution in [3.63, 3.8) is 0 Å². The van der Waals surface area contributed by atoms with Gasteiger partial charge in [0.1, 0.15) is 5.82 Å². The number of aromatic amines is 1. The van der Waals surface area contributed by atoms with Crippen molar-refractivity contribution < 1.29 is 27.9 Å². The van der Waals surface area contributed by atoms with Gasteiger partial charge in [-0.3, -0.25) is 9.88 Å². The number of hydrogen-bond donors (Lipinski definition) is 4. The van der Waals surface area contributed by atoms with Gasteiger partial charge in [0.2, 0.25) is 0 Å². The normalized spacial score (nSPS) is 20.2. The maximum absolute atomic E-state index is 12.6. The van der Waals surface area contributed by atoms with Gasteiger partial charge in [-0.2, -0.15) is 13.2 Å². The number of imidazole rings is 1. The van der Waals surface area contributed by atoms with Crippen molar-refractivity contribution in [1.82, 2.24) is 25.2 Å². The molecule has 0 bridgehead atoms. The quantitative estimate of drug-likeness (QED) is 0.371. The molecule has 38 heavy (non-hydrogen) atoms. The lowest BCUT2D eigenvalue weighted by Gasteiger charge is -2.46. The van der Waals surface area contributed by atoms with Gasteiger partial charge in [-0.05, 0) is 69.4 Å². The lowest BCUT2D eigenvalue weighted by atomic mass is 9.86. The molecule has 2 aliphatic rings. The summed E-state index contributed by atoms with van der Waals surface area (Å²) < 4.78 is 31.7. The molecule has 2 fully saturated rings. The number of alkyl halides is 3. The van der Waals surface area contributed by atoms with Gasteiger partial charge in [-0.25, -0.2) is 14.6 Å². The largest absolute Gasteiger partial charge is 0.490 e. The van der Waals surface area contributed by atoms with E-state index < -0.39 is 12.1 Å². The highest BCUT2D eigenvalue weighted by atomic mass is 19.4. The van der Waals surface area contributed by atoms with Gasteiger partial charge in [-0.1, -0.05) is 12.5 Å². The van der Waals surface area contributed by atoms with Crippen LogP contribution in [0.25, 0.3) is 11.0 Å². The van der Waals surface area contributed by atoms with E-state index in [4.69, 9.17) is 14.9 Å². The zero-order valence-corrected chi connectivity index (χ0v) is 21.2. The summed E-state index contributed by atoms with van der Waals surface area (Å²) in [7, 11) is 0. The molecule has 0 radical (unpaired) electrons. The zero-order valence-electron chi connectivity index (χ0n) is 21.2. The third kappa shape index (κ3) is 6.80. The number of carbonyl (C=O) groups is 2. The molecule has 9 nitrogen and oxygen atoms in total. The molecular weight excluding hydrogens is 501 g/mol. The molecule has 1 saturated heterocycles. The molecule has 5 rings (SSSR count). The summed E-state index contributed by atoms with van der Waals surface area (Å²) in [5, 5.41) is 13.2. The van der Waals surface area contributed by atoms with Crippen molar-refractivity contribution in [2.45, 2.75) is 70.3 Å². The van der Waals surface area contributed by atoms with Crippen LogP contribution in [0, 0.1) is 13.8 Å². The minimum atomic E-state index is -5.08. The molecule has 0 unspecified atom stereocenters. The number of aryl methyl sites for hydroxylation is 2. The van der Waals surface area contributed by atoms with Crippen LogP contribution in [0.15, 0.2) is 36.5 Å². The fourth-order valence-electron chi connectivity index (χ4n) is 4.73. The number of aromatic nitrogens is 3. The number of rotatable bonds is 4. The number of carboxylic acids is 1. The Hall–Kier alpha value is -3.67. The predicted molar refractivity (Wildman–Crippen MR) is 136 cm³/mol. The molecule has 1 aliphatic carbocycles. The number of carboxylic acid groups (broad SMARTS) is 1. The average molecular weight is 533 g/mol. The van der Waals surface area contributed by atoms with Crippen LogP contribution in [0.2, 0.25) is 0 Å². The van der Waals surface area contributed by atoms with E-state index in [1.807, 2.05) is 19.1 Å². The van der Waals surface area contributed by atoms with Crippen molar-refractivity contribution in [3.8, 4) is 0 Å². The molecule has 3 aromatic rings. The maximum atomic E-state index is 12.6. The van der Waals surface area contributed by atoms with Crippen LogP contribution in [-0.2, 0) is 4.79 Å². The van der Waals surface area contributed by atoms with E-state index in [1.165, 1.54) is 24.8 Å². The number of piperidine rings is 1. The molecule has 3 heterocycles. The van der Waals surface area contributed by atoms with Crippen LogP contribution < -0.4 is 10.6 Å². The molecule has 1 saturated carbocycles. The Bertz CT molecular complexity index is 1270. The molecule has 4 N–H and O–H groups in total. The molecule has 2 atom stereocenters. The first-order valence-electron chi connectivity index (χ1n) is 12.5. The highest BCUT2D eigenvalue weighted by molar-refractivity contribution is 5.89. The van der Waals surface area contributed by atoms with Gasteiger partial charge in [0.05, 0.1) is 29.0 Å². The fraction of sp³-hybridized carbons (Fsp3) is 0.462. The minimum absolute atomic E-state index is 0.106. The number of likely N-dealkylation sites (tertiary alicyclic amines) is 1. The number of nitrogens with one attached hydrogen (secondary N) is 3. The van der Waals surface area contributed by atoms with E-state index in [0.717, 1.165) is 41.9 Å². The molecule has 12 heteroatoms. The molecule has 2 aromatic heterocycles. The number of pyridine rings is 1. The van der Waals surface area contributed by atoms with Crippen molar-refractivity contribution >= 4 is 28.7 Å². The summed E-state index contributed by atoms with van der Waals surface area (Å²) in [5.74, 6) is -1.74. The molecule has 0 spiro atoms. The SMILES string of the molecule is Cc1ccc2nc([C@H]3C[C@H](NC(=O)Nc4ccc(C)nc4)CCN3C3CCC3)[nH]c2c1.O=C(O)C(F)(F)F. The summed E-state index contributed by atoms with van der Waals surface area (Å²) in [5.41, 5.74) is 4.96. The second kappa shape index (κ2) is 11.4. The second-order valence-corrected chi connectivity index (χ2v) is 9.79. The Morgan fingerprint density at radius 3 is 2.47 bits per heavy atom. The van der Waals surface area contributed by atoms with Crippen LogP contribution in [0.5, 0.6) is 0 Å². The summed E-state index contributed by atoms with van der Waals surface area (Å²) >= 11 is 0. The molecule has 2 amide bonds. The first-order chi connectivity index (χ1) is 18.0. The molecule has 1 aromatic carbocycles. The monoisotopic (exact) mass is 532 g/mol. The Morgan fingerprint density at radius 2 is 1.87 bits per heavy atom. The maximum Gasteiger partial charge on any atom is 0.490 e. The Balaban J connectivity index is 0.000000426. The van der Waals surface area contributed by atoms with E-state index in [9.17, 15) is 18.0 Å².